The summed E-state index contributed by atoms with van der Waals surface area (Å²) in [7, 11) is 0. The molecule has 0 nitrogen and oxygen atoms in total. The highest BCUT2D eigenvalue weighted by Crippen LogP contribution is 2.48. The number of fused-ring (bicyclic) bond motifs is 1. The van der Waals surface area contributed by atoms with Crippen molar-refractivity contribution in [2.75, 3.05) is 0 Å². The van der Waals surface area contributed by atoms with Crippen molar-refractivity contribution in [3.05, 3.63) is 35.9 Å². The Kier molecular flexibility index (Phi) is 0.719. The van der Waals surface area contributed by atoms with Crippen LogP contribution in [-0.2, 0) is 0 Å². The highest BCUT2D eigenvalue weighted by molar-refractivity contribution is 6.21. The van der Waals surface area contributed by atoms with Gasteiger partial charge in [-0.3, -0.25) is 0 Å². The summed E-state index contributed by atoms with van der Waals surface area (Å²) in [5, 5.41) is 2.88. The highest BCUT2D eigenvalue weighted by Gasteiger charge is 2.21. The van der Waals surface area contributed by atoms with Gasteiger partial charge < -0.3 is 0 Å². The van der Waals surface area contributed by atoms with Gasteiger partial charge >= 0.3 is 0 Å². The molecule has 0 bridgehead atoms. The Labute approximate surface area is 65.5 Å². The molecular formula is C11H8. The van der Waals surface area contributed by atoms with E-state index < -0.39 is 0 Å². The minimum Gasteiger partial charge on any atom is -0.0610 e. The molecule has 0 heterocycles. The second-order valence-corrected chi connectivity index (χ2v) is 3.16. The predicted octanol–water partition coefficient (Wildman–Crippen LogP) is 3.13. The quantitative estimate of drug-likeness (QED) is 0.450. The van der Waals surface area contributed by atoms with Gasteiger partial charge in [-0.05, 0) is 34.4 Å². The lowest BCUT2D eigenvalue weighted by Gasteiger charge is -1.86. The molecule has 2 aromatic rings. The van der Waals surface area contributed by atoms with Crippen LogP contribution < -0.4 is 0 Å². The van der Waals surface area contributed by atoms with Crippen LogP contribution in [0.4, 0.5) is 0 Å². The molecule has 0 saturated carbocycles. The third-order valence-corrected chi connectivity index (χ3v) is 2.46. The standard InChI is InChI=1S/C11H8/c1-7-5-6-8-3-2-4-9-10(7)11(8)9/h2-6H,1H3. The normalized spacial score (nSPS) is 12.1. The summed E-state index contributed by atoms with van der Waals surface area (Å²) in [5.74, 6) is 0. The first-order chi connectivity index (χ1) is 5.38. The number of aryl methyl sites for hydroxylation is 1. The molecule has 0 amide bonds. The van der Waals surface area contributed by atoms with E-state index >= 15 is 0 Å². The SMILES string of the molecule is Cc1ccc2cccc3c2c1-3. The van der Waals surface area contributed by atoms with E-state index in [0.717, 1.165) is 0 Å². The average Bonchev–Trinajstić information content (AvgIpc) is 2.74. The van der Waals surface area contributed by atoms with Crippen molar-refractivity contribution in [1.29, 1.82) is 0 Å². The van der Waals surface area contributed by atoms with Gasteiger partial charge in [-0.1, -0.05) is 30.3 Å². The van der Waals surface area contributed by atoms with Crippen LogP contribution in [0, 0.1) is 6.92 Å². The Bertz CT molecular complexity index is 453. The summed E-state index contributed by atoms with van der Waals surface area (Å²) >= 11 is 0. The molecule has 1 aliphatic rings. The van der Waals surface area contributed by atoms with Crippen molar-refractivity contribution < 1.29 is 0 Å². The fourth-order valence-electron chi connectivity index (χ4n) is 1.85. The Hall–Kier alpha value is -1.30. The first-order valence-corrected chi connectivity index (χ1v) is 3.90. The maximum atomic E-state index is 2.20. The van der Waals surface area contributed by atoms with Crippen LogP contribution in [0.5, 0.6) is 0 Å². The average molecular weight is 140 g/mol. The van der Waals surface area contributed by atoms with E-state index in [-0.39, 0.29) is 0 Å². The van der Waals surface area contributed by atoms with Gasteiger partial charge in [-0.25, -0.2) is 0 Å². The smallest absolute Gasteiger partial charge is 0.00236 e. The van der Waals surface area contributed by atoms with Crippen LogP contribution in [0.15, 0.2) is 30.3 Å². The predicted molar refractivity (Wildman–Crippen MR) is 47.7 cm³/mol. The molecule has 0 radical (unpaired) electrons. The largest absolute Gasteiger partial charge is 0.0610 e. The van der Waals surface area contributed by atoms with E-state index in [1.165, 1.54) is 27.5 Å². The third kappa shape index (κ3) is 0.509. The van der Waals surface area contributed by atoms with E-state index in [0.29, 0.717) is 0 Å². The summed E-state index contributed by atoms with van der Waals surface area (Å²) in [6.45, 7) is 2.18. The summed E-state index contributed by atoms with van der Waals surface area (Å²) in [6, 6.07) is 10.9. The summed E-state index contributed by atoms with van der Waals surface area (Å²) in [4.78, 5) is 0. The molecule has 0 spiro atoms. The molecular weight excluding hydrogens is 132 g/mol. The maximum absolute atomic E-state index is 2.20. The van der Waals surface area contributed by atoms with Crippen molar-refractivity contribution in [3.8, 4) is 11.1 Å². The third-order valence-electron chi connectivity index (χ3n) is 2.46. The number of rotatable bonds is 0. The second-order valence-electron chi connectivity index (χ2n) is 3.16. The van der Waals surface area contributed by atoms with Gasteiger partial charge in [0.15, 0.2) is 0 Å². The van der Waals surface area contributed by atoms with Gasteiger partial charge in [0.05, 0.1) is 0 Å². The molecule has 2 aromatic carbocycles. The van der Waals surface area contributed by atoms with Gasteiger partial charge in [0.2, 0.25) is 0 Å². The van der Waals surface area contributed by atoms with Gasteiger partial charge in [0, 0.05) is 0 Å². The van der Waals surface area contributed by atoms with Crippen molar-refractivity contribution in [2.24, 2.45) is 0 Å². The fourth-order valence-corrected chi connectivity index (χ4v) is 1.85. The molecule has 0 atom stereocenters. The Morgan fingerprint density at radius 1 is 1.00 bits per heavy atom. The van der Waals surface area contributed by atoms with Gasteiger partial charge in [0.1, 0.15) is 0 Å². The van der Waals surface area contributed by atoms with Gasteiger partial charge in [0.25, 0.3) is 0 Å². The molecule has 3 rings (SSSR count). The summed E-state index contributed by atoms with van der Waals surface area (Å²) in [5.41, 5.74) is 4.37. The van der Waals surface area contributed by atoms with Crippen molar-refractivity contribution in [3.63, 3.8) is 0 Å². The van der Waals surface area contributed by atoms with Crippen LogP contribution in [0.25, 0.3) is 21.9 Å². The zero-order chi connectivity index (χ0) is 7.42. The molecule has 52 valence electrons. The lowest BCUT2D eigenvalue weighted by Crippen LogP contribution is -1.64. The molecule has 0 heteroatoms. The topological polar surface area (TPSA) is 0 Å². The highest BCUT2D eigenvalue weighted by atomic mass is 14.2. The molecule has 0 aromatic heterocycles. The Balaban J connectivity index is 2.59. The molecule has 0 N–H and O–H groups in total. The van der Waals surface area contributed by atoms with Crippen LogP contribution in [0.3, 0.4) is 0 Å². The van der Waals surface area contributed by atoms with E-state index in [1.807, 2.05) is 0 Å². The van der Waals surface area contributed by atoms with Gasteiger partial charge in [-0.2, -0.15) is 0 Å². The monoisotopic (exact) mass is 140 g/mol. The lowest BCUT2D eigenvalue weighted by atomic mass is 10.2. The summed E-state index contributed by atoms with van der Waals surface area (Å²) in [6.07, 6.45) is 0. The molecule has 0 unspecified atom stereocenters. The molecule has 0 saturated heterocycles. The second kappa shape index (κ2) is 1.48. The molecule has 1 aliphatic carbocycles. The van der Waals surface area contributed by atoms with E-state index in [2.05, 4.69) is 37.3 Å². The maximum Gasteiger partial charge on any atom is -0.00236 e. The van der Waals surface area contributed by atoms with Crippen molar-refractivity contribution >= 4 is 10.8 Å². The first-order valence-electron chi connectivity index (χ1n) is 3.90. The number of hydrogen-bond donors (Lipinski definition) is 0. The minimum atomic E-state index is 1.39. The van der Waals surface area contributed by atoms with E-state index in [1.54, 1.807) is 0 Å². The van der Waals surface area contributed by atoms with Crippen LogP contribution in [-0.4, -0.2) is 0 Å². The van der Waals surface area contributed by atoms with E-state index in [4.69, 9.17) is 0 Å². The van der Waals surface area contributed by atoms with Crippen molar-refractivity contribution in [2.45, 2.75) is 6.92 Å². The minimum absolute atomic E-state index is 1.39. The van der Waals surface area contributed by atoms with Gasteiger partial charge in [-0.15, -0.1) is 0 Å². The lowest BCUT2D eigenvalue weighted by molar-refractivity contribution is 1.54. The number of benzene rings is 2. The molecule has 0 aliphatic heterocycles. The molecule has 0 fully saturated rings. The number of hydrogen-bond acceptors (Lipinski definition) is 0. The van der Waals surface area contributed by atoms with Crippen LogP contribution in [0.1, 0.15) is 5.56 Å². The van der Waals surface area contributed by atoms with Crippen LogP contribution in [0.2, 0.25) is 0 Å². The van der Waals surface area contributed by atoms with Crippen molar-refractivity contribution in [1.82, 2.24) is 0 Å². The summed E-state index contributed by atoms with van der Waals surface area (Å²) < 4.78 is 0. The zero-order valence-corrected chi connectivity index (χ0v) is 6.39. The first kappa shape index (κ1) is 5.36. The van der Waals surface area contributed by atoms with Crippen LogP contribution >= 0.6 is 0 Å². The Morgan fingerprint density at radius 3 is 2.82 bits per heavy atom. The van der Waals surface area contributed by atoms with E-state index in [9.17, 15) is 0 Å². The zero-order valence-electron chi connectivity index (χ0n) is 6.39. The molecule has 11 heavy (non-hydrogen) atoms. The Morgan fingerprint density at radius 2 is 1.91 bits per heavy atom. The fraction of sp³-hybridized carbons (Fsp3) is 0.0909.